The van der Waals surface area contributed by atoms with Gasteiger partial charge in [0.25, 0.3) is 0 Å². The average Bonchev–Trinajstić information content (AvgIpc) is 3.30. The highest BCUT2D eigenvalue weighted by Crippen LogP contribution is 2.17. The number of rotatable bonds is 51. The summed E-state index contributed by atoms with van der Waals surface area (Å²) in [4.78, 5) is 38.1. The van der Waals surface area contributed by atoms with Gasteiger partial charge in [0, 0.05) is 19.3 Å². The number of carbonyl (C=O) groups excluding carboxylic acids is 3. The molecule has 0 aliphatic rings. The van der Waals surface area contributed by atoms with Crippen molar-refractivity contribution in [2.24, 2.45) is 0 Å². The molecule has 0 spiro atoms. The molecule has 0 fully saturated rings. The minimum Gasteiger partial charge on any atom is -0.462 e. The van der Waals surface area contributed by atoms with Crippen LogP contribution in [0.1, 0.15) is 290 Å². The number of esters is 3. The number of unbranched alkanes of at least 4 members (excludes halogenated alkanes) is 35. The molecule has 0 aliphatic carbocycles. The molecule has 0 radical (unpaired) electrons. The van der Waals surface area contributed by atoms with Crippen molar-refractivity contribution in [2.75, 3.05) is 13.2 Å². The van der Waals surface area contributed by atoms with E-state index in [4.69, 9.17) is 14.2 Å². The molecule has 0 amide bonds. The highest BCUT2D eigenvalue weighted by Gasteiger charge is 2.19. The van der Waals surface area contributed by atoms with Gasteiger partial charge in [0.2, 0.25) is 0 Å². The monoisotopic (exact) mass is 911 g/mol. The van der Waals surface area contributed by atoms with Crippen molar-refractivity contribution in [3.63, 3.8) is 0 Å². The van der Waals surface area contributed by atoms with Crippen LogP contribution in [0.5, 0.6) is 0 Å². The second kappa shape index (κ2) is 54.0. The minimum absolute atomic E-state index is 0.0765. The van der Waals surface area contributed by atoms with Crippen molar-refractivity contribution in [1.29, 1.82) is 0 Å². The number of hydrogen-bond donors (Lipinski definition) is 0. The van der Waals surface area contributed by atoms with Crippen molar-refractivity contribution >= 4 is 17.9 Å². The third kappa shape index (κ3) is 52.2. The van der Waals surface area contributed by atoms with Crippen LogP contribution in [0.15, 0.2) is 48.6 Å². The molecule has 0 heterocycles. The first-order chi connectivity index (χ1) is 32.0. The van der Waals surface area contributed by atoms with Gasteiger partial charge < -0.3 is 14.2 Å². The molecule has 0 rings (SSSR count). The van der Waals surface area contributed by atoms with E-state index in [2.05, 4.69) is 51.2 Å². The van der Waals surface area contributed by atoms with E-state index in [0.717, 1.165) is 83.5 Å². The maximum atomic E-state index is 12.8. The van der Waals surface area contributed by atoms with Crippen molar-refractivity contribution in [3.8, 4) is 0 Å². The number of hydrogen-bond acceptors (Lipinski definition) is 6. The van der Waals surface area contributed by atoms with Crippen LogP contribution in [0, 0.1) is 0 Å². The molecule has 0 saturated carbocycles. The lowest BCUT2D eigenvalue weighted by molar-refractivity contribution is -0.167. The van der Waals surface area contributed by atoms with E-state index >= 15 is 0 Å². The summed E-state index contributed by atoms with van der Waals surface area (Å²) >= 11 is 0. The molecular weight excluding hydrogens is 805 g/mol. The van der Waals surface area contributed by atoms with Crippen LogP contribution in [0.4, 0.5) is 0 Å². The summed E-state index contributed by atoms with van der Waals surface area (Å²) < 4.78 is 16.9. The Morgan fingerprint density at radius 2 is 0.600 bits per heavy atom. The number of allylic oxidation sites excluding steroid dienone is 8. The predicted molar refractivity (Wildman–Crippen MR) is 279 cm³/mol. The third-order valence-electron chi connectivity index (χ3n) is 12.4. The van der Waals surface area contributed by atoms with Crippen LogP contribution in [0.2, 0.25) is 0 Å². The zero-order valence-corrected chi connectivity index (χ0v) is 43.3. The van der Waals surface area contributed by atoms with Gasteiger partial charge >= 0.3 is 17.9 Å². The van der Waals surface area contributed by atoms with Crippen LogP contribution in [-0.2, 0) is 28.6 Å². The van der Waals surface area contributed by atoms with E-state index in [9.17, 15) is 14.4 Å². The summed E-state index contributed by atoms with van der Waals surface area (Å²) in [6, 6.07) is 0. The van der Waals surface area contributed by atoms with Gasteiger partial charge in [-0.15, -0.1) is 0 Å². The molecule has 0 aromatic heterocycles. The molecule has 0 N–H and O–H groups in total. The normalized spacial score (nSPS) is 12.4. The number of carbonyl (C=O) groups is 3. The summed E-state index contributed by atoms with van der Waals surface area (Å²) in [5, 5.41) is 0. The van der Waals surface area contributed by atoms with Gasteiger partial charge in [-0.2, -0.15) is 0 Å². The molecule has 0 aromatic carbocycles. The van der Waals surface area contributed by atoms with Crippen LogP contribution < -0.4 is 0 Å². The highest BCUT2D eigenvalue weighted by atomic mass is 16.6. The van der Waals surface area contributed by atoms with Crippen LogP contribution in [0.25, 0.3) is 0 Å². The first kappa shape index (κ1) is 62.4. The van der Waals surface area contributed by atoms with Gasteiger partial charge in [0.1, 0.15) is 13.2 Å². The van der Waals surface area contributed by atoms with Gasteiger partial charge in [-0.1, -0.05) is 281 Å². The third-order valence-corrected chi connectivity index (χ3v) is 12.4. The van der Waals surface area contributed by atoms with Crippen molar-refractivity contribution in [2.45, 2.75) is 297 Å². The molecule has 1 atom stereocenters. The zero-order valence-electron chi connectivity index (χ0n) is 43.3. The Labute approximate surface area is 403 Å². The smallest absolute Gasteiger partial charge is 0.306 e. The second-order valence-electron chi connectivity index (χ2n) is 18.9. The molecule has 0 aliphatic heterocycles. The predicted octanol–water partition coefficient (Wildman–Crippen LogP) is 18.7. The lowest BCUT2D eigenvalue weighted by Crippen LogP contribution is -2.30. The topological polar surface area (TPSA) is 78.9 Å². The fourth-order valence-electron chi connectivity index (χ4n) is 8.22. The fraction of sp³-hybridized carbons (Fsp3) is 0.814. The van der Waals surface area contributed by atoms with Gasteiger partial charge in [-0.3, -0.25) is 14.4 Å². The summed E-state index contributed by atoms with van der Waals surface area (Å²) in [5.74, 6) is -0.884. The standard InChI is InChI=1S/C59H106O6/c1-4-7-10-13-16-19-22-25-28-31-34-37-40-43-46-49-52-58(61)64-55-56(54-63-57(60)51-48-45-42-39-36-33-30-27-24-21-18-15-12-9-6-3)65-59(62)53-50-47-44-41-38-35-32-29-26-23-20-17-14-11-8-5-2/h9,12,15,18,21,24,27,30,56H,4-8,10-11,13-14,16-17,19-20,22-23,25-26,28-29,31-55H2,1-3H3/b12-9-,18-15-,24-21-,30-27-. The SMILES string of the molecule is CC\C=C/C=C\C=C/C=C\CCCCCCCC(=O)OCC(COC(=O)CCCCCCCCCCCCCCCCCC)OC(=O)CCCCCCCCCCCCCCCCCC. The van der Waals surface area contributed by atoms with E-state index in [1.54, 1.807) is 0 Å². The molecule has 6 heteroatoms. The Kier molecular flexibility index (Phi) is 51.8. The van der Waals surface area contributed by atoms with Gasteiger partial charge in [-0.25, -0.2) is 0 Å². The van der Waals surface area contributed by atoms with E-state index in [-0.39, 0.29) is 31.1 Å². The van der Waals surface area contributed by atoms with E-state index in [0.29, 0.717) is 19.3 Å². The first-order valence-electron chi connectivity index (χ1n) is 28.2. The Morgan fingerprint density at radius 1 is 0.323 bits per heavy atom. The summed E-state index contributed by atoms with van der Waals surface area (Å²) in [6.07, 6.45) is 65.2. The Balaban J connectivity index is 4.37. The van der Waals surface area contributed by atoms with Crippen LogP contribution >= 0.6 is 0 Å². The van der Waals surface area contributed by atoms with Crippen LogP contribution in [0.3, 0.4) is 0 Å². The van der Waals surface area contributed by atoms with Crippen molar-refractivity contribution in [3.05, 3.63) is 48.6 Å². The Hall–Kier alpha value is -2.63. The lowest BCUT2D eigenvalue weighted by atomic mass is 10.0. The van der Waals surface area contributed by atoms with Gasteiger partial charge in [-0.05, 0) is 38.5 Å². The molecular formula is C59H106O6. The maximum absolute atomic E-state index is 12.8. The lowest BCUT2D eigenvalue weighted by Gasteiger charge is -2.18. The van der Waals surface area contributed by atoms with Gasteiger partial charge in [0.15, 0.2) is 6.10 Å². The Bertz CT molecular complexity index is 1140. The maximum Gasteiger partial charge on any atom is 0.306 e. The molecule has 0 saturated heterocycles. The largest absolute Gasteiger partial charge is 0.462 e. The molecule has 0 bridgehead atoms. The quantitative estimate of drug-likeness (QED) is 0.0262. The molecule has 0 aromatic rings. The van der Waals surface area contributed by atoms with Crippen LogP contribution in [-0.4, -0.2) is 37.2 Å². The second-order valence-corrected chi connectivity index (χ2v) is 18.9. The molecule has 6 nitrogen and oxygen atoms in total. The molecule has 378 valence electrons. The van der Waals surface area contributed by atoms with Crippen molar-refractivity contribution in [1.82, 2.24) is 0 Å². The van der Waals surface area contributed by atoms with E-state index in [1.807, 2.05) is 18.2 Å². The highest BCUT2D eigenvalue weighted by molar-refractivity contribution is 5.71. The summed E-state index contributed by atoms with van der Waals surface area (Å²) in [6.45, 7) is 6.52. The van der Waals surface area contributed by atoms with Crippen molar-refractivity contribution < 1.29 is 28.6 Å². The summed E-state index contributed by atoms with van der Waals surface area (Å²) in [5.41, 5.74) is 0. The van der Waals surface area contributed by atoms with Gasteiger partial charge in [0.05, 0.1) is 0 Å². The number of ether oxygens (including phenoxy) is 3. The first-order valence-corrected chi connectivity index (χ1v) is 28.2. The fourth-order valence-corrected chi connectivity index (χ4v) is 8.22. The van der Waals surface area contributed by atoms with E-state index in [1.165, 1.54) is 167 Å². The van der Waals surface area contributed by atoms with E-state index < -0.39 is 6.10 Å². The molecule has 65 heavy (non-hydrogen) atoms. The zero-order chi connectivity index (χ0) is 47.2. The summed E-state index contributed by atoms with van der Waals surface area (Å²) in [7, 11) is 0. The average molecular weight is 911 g/mol. The molecule has 1 unspecified atom stereocenters. The minimum atomic E-state index is -0.779. The Morgan fingerprint density at radius 3 is 0.938 bits per heavy atom.